The van der Waals surface area contributed by atoms with Crippen molar-refractivity contribution in [3.63, 3.8) is 0 Å². The number of carbonyl (C=O) groups is 1. The lowest BCUT2D eigenvalue weighted by Gasteiger charge is -2.32. The normalized spacial score (nSPS) is 17.3. The summed E-state index contributed by atoms with van der Waals surface area (Å²) in [4.78, 5) is 14.7. The molecule has 0 saturated carbocycles. The topological polar surface area (TPSA) is 49.8 Å². The number of amides is 1. The van der Waals surface area contributed by atoms with Crippen LogP contribution in [0, 0.1) is 0 Å². The number of hydrogen-bond donors (Lipinski definition) is 1. The molecular weight excluding hydrogens is 302 g/mol. The fraction of sp³-hybridized carbons (Fsp3) is 0.250. The third-order valence-electron chi connectivity index (χ3n) is 4.35. The number of ether oxygens (including phenoxy) is 1. The van der Waals surface area contributed by atoms with Crippen molar-refractivity contribution in [3.8, 4) is 11.1 Å². The Morgan fingerprint density at radius 2 is 1.88 bits per heavy atom. The number of aliphatic hydroxyl groups is 1. The van der Waals surface area contributed by atoms with Gasteiger partial charge in [-0.2, -0.15) is 0 Å². The van der Waals surface area contributed by atoms with Crippen LogP contribution in [-0.2, 0) is 4.74 Å². The molecule has 4 heteroatoms. The Morgan fingerprint density at radius 1 is 1.17 bits per heavy atom. The molecule has 0 aromatic heterocycles. The van der Waals surface area contributed by atoms with Crippen molar-refractivity contribution in [2.24, 2.45) is 0 Å². The average Bonchev–Trinajstić information content (AvgIpc) is 2.67. The lowest BCUT2D eigenvalue weighted by Crippen LogP contribution is -2.41. The van der Waals surface area contributed by atoms with Gasteiger partial charge in [-0.25, -0.2) is 0 Å². The first-order valence-corrected chi connectivity index (χ1v) is 8.07. The fourth-order valence-corrected chi connectivity index (χ4v) is 3.01. The van der Waals surface area contributed by atoms with Crippen molar-refractivity contribution in [3.05, 3.63) is 72.1 Å². The van der Waals surface area contributed by atoms with E-state index in [1.807, 2.05) is 54.6 Å². The van der Waals surface area contributed by atoms with E-state index in [1.165, 1.54) is 0 Å². The second-order valence-electron chi connectivity index (χ2n) is 5.80. The molecule has 0 aliphatic carbocycles. The Hall–Kier alpha value is -2.59. The second-order valence-corrected chi connectivity index (χ2v) is 5.80. The fourth-order valence-electron chi connectivity index (χ4n) is 3.01. The standard InChI is InChI=1S/C20H21NO3/c1-24-17-12-11-16(14-22)21(13-17)20(23)19-10-6-5-9-18(19)15-7-3-2-4-8-15/h2-10,13,16,22H,11-12,14H2,1H3. The summed E-state index contributed by atoms with van der Waals surface area (Å²) in [5, 5.41) is 9.64. The van der Waals surface area contributed by atoms with Gasteiger partial charge in [0.1, 0.15) is 5.76 Å². The Kier molecular flexibility index (Phi) is 4.96. The summed E-state index contributed by atoms with van der Waals surface area (Å²) in [6.45, 7) is -0.0628. The highest BCUT2D eigenvalue weighted by atomic mass is 16.5. The molecule has 1 unspecified atom stereocenters. The van der Waals surface area contributed by atoms with Crippen LogP contribution in [-0.4, -0.2) is 35.7 Å². The Balaban J connectivity index is 2.01. The molecule has 0 fully saturated rings. The number of aliphatic hydroxyl groups excluding tert-OH is 1. The average molecular weight is 323 g/mol. The molecule has 24 heavy (non-hydrogen) atoms. The van der Waals surface area contributed by atoms with E-state index in [2.05, 4.69) is 0 Å². The Bertz CT molecular complexity index is 740. The summed E-state index contributed by atoms with van der Waals surface area (Å²) >= 11 is 0. The zero-order valence-corrected chi connectivity index (χ0v) is 13.7. The van der Waals surface area contributed by atoms with E-state index in [0.29, 0.717) is 12.0 Å². The van der Waals surface area contributed by atoms with Crippen molar-refractivity contribution in [1.82, 2.24) is 4.90 Å². The number of hydrogen-bond acceptors (Lipinski definition) is 3. The van der Waals surface area contributed by atoms with Crippen LogP contribution in [0.4, 0.5) is 0 Å². The molecular formula is C20H21NO3. The molecule has 0 radical (unpaired) electrons. The lowest BCUT2D eigenvalue weighted by atomic mass is 9.97. The van der Waals surface area contributed by atoms with Gasteiger partial charge in [-0.3, -0.25) is 4.79 Å². The van der Waals surface area contributed by atoms with Crippen LogP contribution in [0.5, 0.6) is 0 Å². The monoisotopic (exact) mass is 323 g/mol. The molecule has 2 aromatic carbocycles. The molecule has 1 heterocycles. The lowest BCUT2D eigenvalue weighted by molar-refractivity contribution is 0.0645. The molecule has 2 aromatic rings. The molecule has 0 spiro atoms. The first kappa shape index (κ1) is 16.3. The summed E-state index contributed by atoms with van der Waals surface area (Å²) in [6.07, 6.45) is 3.13. The maximum absolute atomic E-state index is 13.1. The van der Waals surface area contributed by atoms with Gasteiger partial charge in [-0.1, -0.05) is 48.5 Å². The molecule has 1 amide bonds. The summed E-state index contributed by atoms with van der Waals surface area (Å²) in [5.41, 5.74) is 2.50. The predicted octanol–water partition coefficient (Wildman–Crippen LogP) is 3.44. The van der Waals surface area contributed by atoms with Crippen LogP contribution < -0.4 is 0 Å². The van der Waals surface area contributed by atoms with E-state index in [1.54, 1.807) is 18.2 Å². The number of rotatable bonds is 4. The number of nitrogens with zero attached hydrogens (tertiary/aromatic N) is 1. The molecule has 0 saturated heterocycles. The van der Waals surface area contributed by atoms with Crippen LogP contribution >= 0.6 is 0 Å². The largest absolute Gasteiger partial charge is 0.500 e. The van der Waals surface area contributed by atoms with Gasteiger partial charge >= 0.3 is 0 Å². The molecule has 4 nitrogen and oxygen atoms in total. The Labute approximate surface area is 142 Å². The number of methoxy groups -OCH3 is 1. The van der Waals surface area contributed by atoms with E-state index in [9.17, 15) is 9.90 Å². The maximum Gasteiger partial charge on any atom is 0.258 e. The first-order valence-electron chi connectivity index (χ1n) is 8.07. The summed E-state index contributed by atoms with van der Waals surface area (Å²) in [7, 11) is 1.60. The number of allylic oxidation sites excluding steroid dienone is 1. The summed E-state index contributed by atoms with van der Waals surface area (Å²) in [6, 6.07) is 17.2. The van der Waals surface area contributed by atoms with Gasteiger partial charge in [0, 0.05) is 18.2 Å². The van der Waals surface area contributed by atoms with E-state index in [4.69, 9.17) is 4.74 Å². The molecule has 3 rings (SSSR count). The predicted molar refractivity (Wildman–Crippen MR) is 93.2 cm³/mol. The quantitative estimate of drug-likeness (QED) is 0.938. The smallest absolute Gasteiger partial charge is 0.258 e. The molecule has 1 N–H and O–H groups in total. The summed E-state index contributed by atoms with van der Waals surface area (Å²) in [5.74, 6) is 0.632. The van der Waals surface area contributed by atoms with Crippen LogP contribution in [0.15, 0.2) is 66.6 Å². The van der Waals surface area contributed by atoms with Gasteiger partial charge < -0.3 is 14.7 Å². The minimum absolute atomic E-state index is 0.0628. The van der Waals surface area contributed by atoms with Gasteiger partial charge in [-0.15, -0.1) is 0 Å². The third kappa shape index (κ3) is 3.19. The van der Waals surface area contributed by atoms with Crippen LogP contribution in [0.1, 0.15) is 23.2 Å². The van der Waals surface area contributed by atoms with Gasteiger partial charge in [0.15, 0.2) is 0 Å². The zero-order valence-electron chi connectivity index (χ0n) is 13.7. The van der Waals surface area contributed by atoms with E-state index < -0.39 is 0 Å². The number of carbonyl (C=O) groups excluding carboxylic acids is 1. The van der Waals surface area contributed by atoms with Crippen molar-refractivity contribution >= 4 is 5.91 Å². The molecule has 1 aliphatic rings. The highest BCUT2D eigenvalue weighted by Crippen LogP contribution is 2.28. The van der Waals surface area contributed by atoms with Gasteiger partial charge in [0.05, 0.1) is 19.8 Å². The highest BCUT2D eigenvalue weighted by Gasteiger charge is 2.28. The third-order valence-corrected chi connectivity index (χ3v) is 4.35. The first-order chi connectivity index (χ1) is 11.7. The van der Waals surface area contributed by atoms with Gasteiger partial charge in [0.25, 0.3) is 5.91 Å². The van der Waals surface area contributed by atoms with Crippen LogP contribution in [0.25, 0.3) is 11.1 Å². The second kappa shape index (κ2) is 7.32. The Morgan fingerprint density at radius 3 is 2.58 bits per heavy atom. The SMILES string of the molecule is COC1=CN(C(=O)c2ccccc2-c2ccccc2)C(CO)CC1. The molecule has 1 atom stereocenters. The molecule has 124 valence electrons. The van der Waals surface area contributed by atoms with Gasteiger partial charge in [-0.05, 0) is 23.6 Å². The van der Waals surface area contributed by atoms with Gasteiger partial charge in [0.2, 0.25) is 0 Å². The minimum Gasteiger partial charge on any atom is -0.500 e. The summed E-state index contributed by atoms with van der Waals surface area (Å²) < 4.78 is 5.30. The number of benzene rings is 2. The van der Waals surface area contributed by atoms with E-state index in [0.717, 1.165) is 23.3 Å². The van der Waals surface area contributed by atoms with E-state index >= 15 is 0 Å². The zero-order chi connectivity index (χ0) is 16.9. The minimum atomic E-state index is -0.222. The highest BCUT2D eigenvalue weighted by molar-refractivity contribution is 6.01. The molecule has 0 bridgehead atoms. The van der Waals surface area contributed by atoms with Crippen molar-refractivity contribution in [1.29, 1.82) is 0 Å². The van der Waals surface area contributed by atoms with Crippen molar-refractivity contribution in [2.45, 2.75) is 18.9 Å². The van der Waals surface area contributed by atoms with Crippen LogP contribution in [0.2, 0.25) is 0 Å². The van der Waals surface area contributed by atoms with Crippen LogP contribution in [0.3, 0.4) is 0 Å². The molecule has 1 aliphatic heterocycles. The van der Waals surface area contributed by atoms with E-state index in [-0.39, 0.29) is 18.6 Å². The van der Waals surface area contributed by atoms with Crippen molar-refractivity contribution < 1.29 is 14.6 Å². The maximum atomic E-state index is 13.1. The van der Waals surface area contributed by atoms with Crippen molar-refractivity contribution in [2.75, 3.05) is 13.7 Å².